The first-order valence-corrected chi connectivity index (χ1v) is 14.9. The highest BCUT2D eigenvalue weighted by atomic mass is 19.4. The number of ether oxygens (including phenoxy) is 2. The number of carbonyl (C=O) groups is 1. The third-order valence-corrected chi connectivity index (χ3v) is 8.56. The fourth-order valence-electron chi connectivity index (χ4n) is 6.31. The van der Waals surface area contributed by atoms with Gasteiger partial charge in [0, 0.05) is 43.2 Å². The quantitative estimate of drug-likeness (QED) is 0.210. The number of piperazine rings is 1. The predicted octanol–water partition coefficient (Wildman–Crippen LogP) is 4.61. The van der Waals surface area contributed by atoms with Gasteiger partial charge in [-0.3, -0.25) is 4.79 Å². The van der Waals surface area contributed by atoms with Gasteiger partial charge in [0.25, 0.3) is 5.91 Å². The maximum atomic E-state index is 15.2. The van der Waals surface area contributed by atoms with E-state index < -0.39 is 41.7 Å². The summed E-state index contributed by atoms with van der Waals surface area (Å²) in [7, 11) is 3.95. The molecule has 1 amide bonds. The average molecular weight is 650 g/mol. The van der Waals surface area contributed by atoms with Crippen molar-refractivity contribution in [1.29, 1.82) is 0 Å². The summed E-state index contributed by atoms with van der Waals surface area (Å²) in [4.78, 5) is 32.1. The fourth-order valence-corrected chi connectivity index (χ4v) is 6.31. The summed E-state index contributed by atoms with van der Waals surface area (Å²) >= 11 is 0. The second kappa shape index (κ2) is 12.9. The van der Waals surface area contributed by atoms with E-state index in [9.17, 15) is 22.4 Å². The summed E-state index contributed by atoms with van der Waals surface area (Å²) in [6, 6.07) is 2.21. The molecule has 0 bridgehead atoms. The second-order valence-corrected chi connectivity index (χ2v) is 12.4. The van der Waals surface area contributed by atoms with Gasteiger partial charge >= 0.3 is 12.4 Å². The van der Waals surface area contributed by atoms with Crippen LogP contribution < -0.4 is 19.3 Å². The maximum Gasteiger partial charge on any atom is 0.573 e. The number of benzene rings is 1. The molecular formula is C31H36F5N7O3. The monoisotopic (exact) mass is 649 g/mol. The third-order valence-electron chi connectivity index (χ3n) is 8.56. The number of rotatable bonds is 10. The summed E-state index contributed by atoms with van der Waals surface area (Å²) in [5.74, 6) is -3.03. The number of fused-ring (bicyclic) bond motifs is 1. The largest absolute Gasteiger partial charge is 0.573 e. The number of anilines is 2. The Morgan fingerprint density at radius 2 is 1.98 bits per heavy atom. The zero-order chi connectivity index (χ0) is 33.4. The minimum atomic E-state index is -5.03. The highest BCUT2D eigenvalue weighted by Gasteiger charge is 2.44. The first kappa shape index (κ1) is 33.2. The maximum absolute atomic E-state index is 15.2. The van der Waals surface area contributed by atoms with Crippen molar-refractivity contribution in [1.82, 2.24) is 19.8 Å². The lowest BCUT2D eigenvalue weighted by atomic mass is 9.97. The molecule has 1 saturated heterocycles. The average Bonchev–Trinajstić information content (AvgIpc) is 3.73. The van der Waals surface area contributed by atoms with Crippen LogP contribution in [-0.4, -0.2) is 97.5 Å². The van der Waals surface area contributed by atoms with E-state index in [1.54, 1.807) is 6.92 Å². The van der Waals surface area contributed by atoms with Crippen LogP contribution in [0.25, 0.3) is 4.85 Å². The first-order valence-electron chi connectivity index (χ1n) is 14.9. The van der Waals surface area contributed by atoms with E-state index in [2.05, 4.69) is 26.0 Å². The molecule has 3 aliphatic rings. The number of para-hydroxylation sites is 1. The molecule has 1 saturated carbocycles. The van der Waals surface area contributed by atoms with Gasteiger partial charge in [0.1, 0.15) is 23.4 Å². The van der Waals surface area contributed by atoms with Crippen molar-refractivity contribution < 1.29 is 36.2 Å². The molecule has 2 aromatic rings. The Labute approximate surface area is 264 Å². The van der Waals surface area contributed by atoms with Crippen molar-refractivity contribution in [2.75, 3.05) is 63.2 Å². The summed E-state index contributed by atoms with van der Waals surface area (Å²) in [6.45, 7) is 13.8. The van der Waals surface area contributed by atoms with Crippen LogP contribution in [-0.2, 0) is 17.8 Å². The first-order chi connectivity index (χ1) is 21.7. The third kappa shape index (κ3) is 7.27. The van der Waals surface area contributed by atoms with Crippen molar-refractivity contribution in [2.45, 2.75) is 51.2 Å². The Morgan fingerprint density at radius 1 is 1.24 bits per heavy atom. The van der Waals surface area contributed by atoms with Gasteiger partial charge in [-0.2, -0.15) is 9.97 Å². The highest BCUT2D eigenvalue weighted by molar-refractivity contribution is 5.91. The summed E-state index contributed by atoms with van der Waals surface area (Å²) in [5, 5.41) is 0. The molecule has 46 heavy (non-hydrogen) atoms. The Morgan fingerprint density at radius 3 is 2.61 bits per heavy atom. The summed E-state index contributed by atoms with van der Waals surface area (Å²) < 4.78 is 79.2. The van der Waals surface area contributed by atoms with Crippen molar-refractivity contribution in [3.63, 3.8) is 0 Å². The van der Waals surface area contributed by atoms with Gasteiger partial charge in [0.15, 0.2) is 11.6 Å². The zero-order valence-electron chi connectivity index (χ0n) is 25.9. The van der Waals surface area contributed by atoms with Crippen LogP contribution in [0.1, 0.15) is 31.0 Å². The van der Waals surface area contributed by atoms with Crippen LogP contribution in [0.15, 0.2) is 30.6 Å². The van der Waals surface area contributed by atoms with Crippen LogP contribution in [0.3, 0.4) is 0 Å². The van der Waals surface area contributed by atoms with Gasteiger partial charge in [0.2, 0.25) is 6.54 Å². The molecule has 2 fully saturated rings. The molecule has 248 valence electrons. The number of hydrogen-bond donors (Lipinski definition) is 0. The molecule has 1 aromatic carbocycles. The van der Waals surface area contributed by atoms with E-state index in [4.69, 9.17) is 16.3 Å². The number of hydrogen-bond acceptors (Lipinski definition) is 8. The minimum absolute atomic E-state index is 0.0536. The molecule has 3 heterocycles. The van der Waals surface area contributed by atoms with Crippen LogP contribution in [0.5, 0.6) is 11.8 Å². The van der Waals surface area contributed by atoms with Crippen LogP contribution in [0.4, 0.5) is 33.5 Å². The van der Waals surface area contributed by atoms with Crippen molar-refractivity contribution in [3.05, 3.63) is 59.1 Å². The number of alkyl halides is 3. The van der Waals surface area contributed by atoms with E-state index in [1.165, 1.54) is 9.80 Å². The lowest BCUT2D eigenvalue weighted by molar-refractivity contribution is -0.274. The molecule has 0 radical (unpaired) electrons. The summed E-state index contributed by atoms with van der Waals surface area (Å²) in [5.41, 5.74) is 0.742. The van der Waals surface area contributed by atoms with E-state index in [-0.39, 0.29) is 56.3 Å². The predicted molar refractivity (Wildman–Crippen MR) is 160 cm³/mol. The van der Waals surface area contributed by atoms with Crippen LogP contribution in [0, 0.1) is 17.8 Å². The molecule has 0 spiro atoms. The molecular weight excluding hydrogens is 613 g/mol. The molecule has 2 atom stereocenters. The standard InChI is InChI=1S/C31H36F5N7O3/c1-19-13-22-24(16-43(19)26-23(33)7-6-8-25(26)46-31(34,35)36)38-29(45-18-30(9-10-30)17-40(4)5)39-27(22)41-11-12-42(28(44)20(2)32)21(15-41)14-37-3/h6-8,19,21H,2,9-18H2,1,4-5H3/t19-,21+/m1/s1. The van der Waals surface area contributed by atoms with Crippen molar-refractivity contribution in [3.8, 4) is 11.8 Å². The highest BCUT2D eigenvalue weighted by Crippen LogP contribution is 2.46. The van der Waals surface area contributed by atoms with Gasteiger partial charge < -0.3 is 33.9 Å². The smallest absolute Gasteiger partial charge is 0.463 e. The van der Waals surface area contributed by atoms with E-state index in [0.29, 0.717) is 23.7 Å². The van der Waals surface area contributed by atoms with Crippen molar-refractivity contribution >= 4 is 17.4 Å². The van der Waals surface area contributed by atoms with E-state index in [1.807, 2.05) is 19.0 Å². The molecule has 15 heteroatoms. The Hall–Kier alpha value is -4.19. The normalized spacial score (nSPS) is 20.7. The SMILES string of the molecule is [C-]#[N+]C[C@H]1CN(c2nc(OCC3(CN(C)C)CC3)nc3c2C[C@@H](C)N(c2c(F)cccc2OC(F)(F)F)C3)CCN1C(=O)C(=C)F. The van der Waals surface area contributed by atoms with Gasteiger partial charge in [-0.15, -0.1) is 13.2 Å². The molecule has 5 rings (SSSR count). The Balaban J connectivity index is 1.52. The number of nitrogens with zero attached hydrogens (tertiary/aromatic N) is 7. The van der Waals surface area contributed by atoms with Gasteiger partial charge in [0.05, 0.1) is 18.8 Å². The number of amides is 1. The lowest BCUT2D eigenvalue weighted by Gasteiger charge is -2.42. The Kier molecular flexibility index (Phi) is 9.30. The molecule has 1 aliphatic carbocycles. The van der Waals surface area contributed by atoms with Crippen LogP contribution in [0.2, 0.25) is 0 Å². The topological polar surface area (TPSA) is 78.6 Å². The molecule has 0 unspecified atom stereocenters. The van der Waals surface area contributed by atoms with E-state index >= 15 is 4.39 Å². The van der Waals surface area contributed by atoms with E-state index in [0.717, 1.165) is 37.6 Å². The lowest BCUT2D eigenvalue weighted by Crippen LogP contribution is -2.57. The minimum Gasteiger partial charge on any atom is -0.463 e. The number of halogens is 5. The fraction of sp³-hybridized carbons (Fsp3) is 0.548. The molecule has 2 aliphatic heterocycles. The van der Waals surface area contributed by atoms with Crippen LogP contribution >= 0.6 is 0 Å². The van der Waals surface area contributed by atoms with Gasteiger partial charge in [-0.1, -0.05) is 12.6 Å². The second-order valence-electron chi connectivity index (χ2n) is 12.4. The molecule has 10 nitrogen and oxygen atoms in total. The van der Waals surface area contributed by atoms with Crippen molar-refractivity contribution in [2.24, 2.45) is 5.41 Å². The van der Waals surface area contributed by atoms with Gasteiger partial charge in [-0.25, -0.2) is 15.4 Å². The van der Waals surface area contributed by atoms with Gasteiger partial charge in [-0.05, 0) is 52.4 Å². The molecule has 0 N–H and O–H groups in total. The molecule has 1 aromatic heterocycles. The Bertz CT molecular complexity index is 1530. The summed E-state index contributed by atoms with van der Waals surface area (Å²) in [6.07, 6.45) is -2.85. The number of carbonyl (C=O) groups excluding carboxylic acids is 1. The number of aromatic nitrogens is 2. The zero-order valence-corrected chi connectivity index (χ0v) is 25.9.